The average Bonchev–Trinajstić information content (AvgIpc) is 2.63. The van der Waals surface area contributed by atoms with Crippen LogP contribution in [0.1, 0.15) is 27.2 Å². The molecule has 0 saturated heterocycles. The number of sulfonamides is 1. The van der Waals surface area contributed by atoms with Gasteiger partial charge in [-0.05, 0) is 31.4 Å². The maximum absolute atomic E-state index is 12.2. The lowest BCUT2D eigenvalue weighted by atomic mass is 9.92. The molecule has 4 nitrogen and oxygen atoms in total. The molecule has 3 N–H and O–H groups in total. The lowest BCUT2D eigenvalue weighted by Crippen LogP contribution is -2.51. The second-order valence-corrected chi connectivity index (χ2v) is 8.65. The Kier molecular flexibility index (Phi) is 7.30. The lowest BCUT2D eigenvalue weighted by molar-refractivity contribution is 0.345. The van der Waals surface area contributed by atoms with Crippen molar-refractivity contribution in [1.82, 2.24) is 4.72 Å². The summed E-state index contributed by atoms with van der Waals surface area (Å²) in [5.74, 6) is 0.355. The number of halogens is 2. The molecule has 0 aliphatic rings. The van der Waals surface area contributed by atoms with Crippen LogP contribution in [0.25, 0.3) is 0 Å². The highest BCUT2D eigenvalue weighted by Gasteiger charge is 2.30. The van der Waals surface area contributed by atoms with Gasteiger partial charge < -0.3 is 5.73 Å². The molecule has 1 aromatic rings. The SMILES string of the molecule is CC(C)CC(C)(CN)NS(=O)(=O)c1ccc(Cl)s1.Cl. The summed E-state index contributed by atoms with van der Waals surface area (Å²) in [7, 11) is -3.55. The first-order valence-corrected chi connectivity index (χ1v) is 8.36. The Morgan fingerprint density at radius 2 is 2.05 bits per heavy atom. The molecule has 1 rings (SSSR count). The van der Waals surface area contributed by atoms with Gasteiger partial charge in [-0.25, -0.2) is 13.1 Å². The van der Waals surface area contributed by atoms with E-state index < -0.39 is 15.6 Å². The summed E-state index contributed by atoms with van der Waals surface area (Å²) in [4.78, 5) is 0. The van der Waals surface area contributed by atoms with Gasteiger partial charge >= 0.3 is 0 Å². The number of thiophene rings is 1. The minimum Gasteiger partial charge on any atom is -0.329 e. The van der Waals surface area contributed by atoms with Crippen molar-refractivity contribution in [3.63, 3.8) is 0 Å². The largest absolute Gasteiger partial charge is 0.329 e. The van der Waals surface area contributed by atoms with Crippen LogP contribution < -0.4 is 10.5 Å². The Labute approximate surface area is 130 Å². The van der Waals surface area contributed by atoms with E-state index in [-0.39, 0.29) is 23.2 Å². The van der Waals surface area contributed by atoms with Crippen LogP contribution in [-0.4, -0.2) is 20.5 Å². The van der Waals surface area contributed by atoms with E-state index in [4.69, 9.17) is 17.3 Å². The van der Waals surface area contributed by atoms with E-state index in [0.29, 0.717) is 16.7 Å². The summed E-state index contributed by atoms with van der Waals surface area (Å²) < 4.78 is 27.7. The maximum Gasteiger partial charge on any atom is 0.250 e. The normalized spacial score (nSPS) is 15.1. The molecular formula is C11H20Cl2N2O2S2. The lowest BCUT2D eigenvalue weighted by Gasteiger charge is -2.30. The number of rotatable bonds is 6. The van der Waals surface area contributed by atoms with Crippen molar-refractivity contribution in [3.8, 4) is 0 Å². The summed E-state index contributed by atoms with van der Waals surface area (Å²) in [6, 6.07) is 3.07. The van der Waals surface area contributed by atoms with E-state index in [1.807, 2.05) is 20.8 Å². The topological polar surface area (TPSA) is 72.2 Å². The van der Waals surface area contributed by atoms with Crippen molar-refractivity contribution in [2.75, 3.05) is 6.54 Å². The monoisotopic (exact) mass is 346 g/mol. The summed E-state index contributed by atoms with van der Waals surface area (Å²) in [5.41, 5.74) is 5.06. The van der Waals surface area contributed by atoms with E-state index >= 15 is 0 Å². The number of nitrogens with one attached hydrogen (secondary N) is 1. The number of hydrogen-bond donors (Lipinski definition) is 2. The second-order valence-electron chi connectivity index (χ2n) is 5.03. The average molecular weight is 347 g/mol. The predicted molar refractivity (Wildman–Crippen MR) is 83.8 cm³/mol. The fourth-order valence-corrected chi connectivity index (χ4v) is 4.79. The van der Waals surface area contributed by atoms with Crippen LogP contribution in [0, 0.1) is 5.92 Å². The van der Waals surface area contributed by atoms with Gasteiger partial charge in [-0.1, -0.05) is 25.4 Å². The molecule has 0 bridgehead atoms. The number of nitrogens with two attached hydrogens (primary N) is 1. The van der Waals surface area contributed by atoms with Crippen LogP contribution in [0.5, 0.6) is 0 Å². The Morgan fingerprint density at radius 3 is 2.42 bits per heavy atom. The van der Waals surface area contributed by atoms with Crippen molar-refractivity contribution in [3.05, 3.63) is 16.5 Å². The Morgan fingerprint density at radius 1 is 1.47 bits per heavy atom. The van der Waals surface area contributed by atoms with Gasteiger partial charge in [0, 0.05) is 12.1 Å². The van der Waals surface area contributed by atoms with Gasteiger partial charge in [0.1, 0.15) is 4.21 Å². The van der Waals surface area contributed by atoms with Gasteiger partial charge in [0.15, 0.2) is 0 Å². The van der Waals surface area contributed by atoms with Crippen molar-refractivity contribution in [2.45, 2.75) is 36.9 Å². The van der Waals surface area contributed by atoms with Crippen LogP contribution >= 0.6 is 35.3 Å². The van der Waals surface area contributed by atoms with E-state index in [2.05, 4.69) is 4.72 Å². The quantitative estimate of drug-likeness (QED) is 0.831. The summed E-state index contributed by atoms with van der Waals surface area (Å²) >= 11 is 6.80. The standard InChI is InChI=1S/C11H19ClN2O2S2.ClH/c1-8(2)6-11(3,7-13)14-18(15,16)10-5-4-9(12)17-10;/h4-5,8,14H,6-7,13H2,1-3H3;1H. The van der Waals surface area contributed by atoms with Crippen molar-refractivity contribution < 1.29 is 8.42 Å². The zero-order chi connectivity index (χ0) is 14.0. The molecule has 0 aliphatic carbocycles. The van der Waals surface area contributed by atoms with Crippen molar-refractivity contribution in [1.29, 1.82) is 0 Å². The van der Waals surface area contributed by atoms with Crippen LogP contribution in [0.4, 0.5) is 0 Å². The van der Waals surface area contributed by atoms with Gasteiger partial charge in [0.05, 0.1) is 4.34 Å². The first kappa shape index (κ1) is 19.1. The fraction of sp³-hybridized carbons (Fsp3) is 0.636. The van der Waals surface area contributed by atoms with Gasteiger partial charge in [0.25, 0.3) is 10.0 Å². The number of hydrogen-bond acceptors (Lipinski definition) is 4. The molecule has 0 spiro atoms. The van der Waals surface area contributed by atoms with Gasteiger partial charge in [-0.3, -0.25) is 0 Å². The van der Waals surface area contributed by atoms with E-state index in [1.165, 1.54) is 6.07 Å². The molecule has 1 heterocycles. The molecule has 0 aliphatic heterocycles. The molecule has 0 aromatic carbocycles. The summed E-state index contributed by atoms with van der Waals surface area (Å²) in [6.07, 6.45) is 0.682. The highest BCUT2D eigenvalue weighted by molar-refractivity contribution is 7.91. The van der Waals surface area contributed by atoms with Crippen LogP contribution in [0.15, 0.2) is 16.3 Å². The zero-order valence-electron chi connectivity index (χ0n) is 11.1. The highest BCUT2D eigenvalue weighted by Crippen LogP contribution is 2.27. The molecule has 1 aromatic heterocycles. The molecule has 112 valence electrons. The smallest absolute Gasteiger partial charge is 0.250 e. The third-order valence-corrected chi connectivity index (χ3v) is 5.86. The molecule has 1 unspecified atom stereocenters. The molecule has 0 amide bonds. The molecule has 1 atom stereocenters. The molecule has 0 radical (unpaired) electrons. The third kappa shape index (κ3) is 5.57. The minimum atomic E-state index is -3.55. The second kappa shape index (κ2) is 7.24. The van der Waals surface area contributed by atoms with Crippen LogP contribution in [-0.2, 0) is 10.0 Å². The van der Waals surface area contributed by atoms with Gasteiger partial charge in [0.2, 0.25) is 0 Å². The summed E-state index contributed by atoms with van der Waals surface area (Å²) in [6.45, 7) is 6.14. The molecule has 0 fully saturated rings. The van der Waals surface area contributed by atoms with E-state index in [1.54, 1.807) is 6.07 Å². The van der Waals surface area contributed by atoms with Crippen molar-refractivity contribution in [2.24, 2.45) is 11.7 Å². The first-order chi connectivity index (χ1) is 8.18. The van der Waals surface area contributed by atoms with Gasteiger partial charge in [-0.2, -0.15) is 0 Å². The first-order valence-electron chi connectivity index (χ1n) is 5.68. The molecule has 0 saturated carbocycles. The Hall–Kier alpha value is 0.150. The van der Waals surface area contributed by atoms with Gasteiger partial charge in [-0.15, -0.1) is 23.7 Å². The minimum absolute atomic E-state index is 0. The molecule has 8 heteroatoms. The van der Waals surface area contributed by atoms with Crippen LogP contribution in [0.3, 0.4) is 0 Å². The Balaban J connectivity index is 0.00000324. The maximum atomic E-state index is 12.2. The molecule has 19 heavy (non-hydrogen) atoms. The Bertz CT molecular complexity index is 503. The van der Waals surface area contributed by atoms with Crippen molar-refractivity contribution >= 4 is 45.4 Å². The third-order valence-electron chi connectivity index (χ3n) is 2.50. The fourth-order valence-electron chi connectivity index (χ4n) is 1.88. The van der Waals surface area contributed by atoms with E-state index in [9.17, 15) is 8.42 Å². The zero-order valence-corrected chi connectivity index (χ0v) is 14.3. The van der Waals surface area contributed by atoms with E-state index in [0.717, 1.165) is 11.3 Å². The predicted octanol–water partition coefficient (Wildman–Crippen LogP) is 2.87. The summed E-state index contributed by atoms with van der Waals surface area (Å²) in [5, 5.41) is 0. The highest BCUT2D eigenvalue weighted by atomic mass is 35.5. The molecular weight excluding hydrogens is 327 g/mol. The van der Waals surface area contributed by atoms with Crippen LogP contribution in [0.2, 0.25) is 4.34 Å².